The highest BCUT2D eigenvalue weighted by Gasteiger charge is 2.53. The fourth-order valence-corrected chi connectivity index (χ4v) is 5.10. The van der Waals surface area contributed by atoms with Gasteiger partial charge in [0, 0.05) is 42.3 Å². The maximum atomic E-state index is 13.2. The molecule has 1 fully saturated rings. The number of benzene rings is 1. The molecule has 2 aliphatic rings. The second-order valence-electron chi connectivity index (χ2n) is 9.30. The summed E-state index contributed by atoms with van der Waals surface area (Å²) >= 11 is 0. The number of furan rings is 1. The molecule has 0 saturated carbocycles. The lowest BCUT2D eigenvalue weighted by molar-refractivity contribution is -0.125. The quantitative estimate of drug-likeness (QED) is 0.349. The van der Waals surface area contributed by atoms with Crippen LogP contribution in [0.4, 0.5) is 4.79 Å². The summed E-state index contributed by atoms with van der Waals surface area (Å²) in [5.41, 5.74) is 3.04. The van der Waals surface area contributed by atoms with Crippen LogP contribution < -0.4 is 15.4 Å². The minimum Gasteiger partial charge on any atom is -0.497 e. The van der Waals surface area contributed by atoms with Crippen LogP contribution in [-0.4, -0.2) is 50.8 Å². The van der Waals surface area contributed by atoms with E-state index >= 15 is 0 Å². The highest BCUT2D eigenvalue weighted by atomic mass is 16.5. The van der Waals surface area contributed by atoms with Gasteiger partial charge in [-0.2, -0.15) is 0 Å². The van der Waals surface area contributed by atoms with E-state index in [9.17, 15) is 14.4 Å². The maximum absolute atomic E-state index is 13.2. The van der Waals surface area contributed by atoms with Gasteiger partial charge in [0.2, 0.25) is 0 Å². The molecule has 2 aliphatic heterocycles. The number of fused-ring (bicyclic) bond motifs is 3. The molecule has 2 N–H and O–H groups in total. The molecule has 1 saturated heterocycles. The van der Waals surface area contributed by atoms with Crippen LogP contribution in [0.15, 0.2) is 71.5 Å². The maximum Gasteiger partial charge on any atom is 0.322 e. The number of carbonyl (C=O) groups excluding carboxylic acids is 3. The van der Waals surface area contributed by atoms with Gasteiger partial charge in [-0.05, 0) is 42.0 Å². The van der Waals surface area contributed by atoms with Crippen LogP contribution >= 0.6 is 0 Å². The standard InChI is InChI=1S/C27H20N6O5/c1-37-17-4-2-15-12-33(24(34)18(15)10-17)14-27(25(35)30-26(36)31-27)22-11-20-21(38-22)6-5-19(29-20)16-3-7-23-28-8-9-32(23)13-16/h2-11,13H,12,14H2,1H3,(H2,30,31,35,36). The number of hydrogen-bond donors (Lipinski definition) is 2. The van der Waals surface area contributed by atoms with Crippen LogP contribution in [0, 0.1) is 0 Å². The van der Waals surface area contributed by atoms with Crippen molar-refractivity contribution in [1.29, 1.82) is 0 Å². The molecule has 1 atom stereocenters. The molecule has 0 radical (unpaired) electrons. The number of imide groups is 1. The summed E-state index contributed by atoms with van der Waals surface area (Å²) in [4.78, 5) is 49.3. The van der Waals surface area contributed by atoms with Crippen molar-refractivity contribution in [3.05, 3.63) is 84.0 Å². The molecule has 5 aromatic rings. The van der Waals surface area contributed by atoms with Crippen molar-refractivity contribution < 1.29 is 23.5 Å². The zero-order valence-corrected chi connectivity index (χ0v) is 20.1. The topological polar surface area (TPSA) is 131 Å². The molecule has 188 valence electrons. The lowest BCUT2D eigenvalue weighted by Crippen LogP contribution is -2.52. The largest absolute Gasteiger partial charge is 0.497 e. The van der Waals surface area contributed by atoms with Gasteiger partial charge >= 0.3 is 6.03 Å². The number of amides is 4. The number of pyridine rings is 2. The molecule has 11 nitrogen and oxygen atoms in total. The number of methoxy groups -OCH3 is 1. The highest BCUT2D eigenvalue weighted by Crippen LogP contribution is 2.35. The zero-order valence-electron chi connectivity index (χ0n) is 20.1. The van der Waals surface area contributed by atoms with E-state index in [4.69, 9.17) is 14.1 Å². The Hall–Kier alpha value is -5.19. The lowest BCUT2D eigenvalue weighted by atomic mass is 9.95. The molecular weight excluding hydrogens is 488 g/mol. The Labute approximate surface area is 215 Å². The fraction of sp³-hybridized carbons (Fsp3) is 0.148. The van der Waals surface area contributed by atoms with E-state index in [1.165, 1.54) is 12.0 Å². The summed E-state index contributed by atoms with van der Waals surface area (Å²) in [6.45, 7) is 0.160. The predicted molar refractivity (Wildman–Crippen MR) is 134 cm³/mol. The monoisotopic (exact) mass is 508 g/mol. The minimum atomic E-state index is -1.62. The summed E-state index contributed by atoms with van der Waals surface area (Å²) < 4.78 is 13.2. The summed E-state index contributed by atoms with van der Waals surface area (Å²) in [6, 6.07) is 13.7. The third kappa shape index (κ3) is 3.25. The second-order valence-corrected chi connectivity index (χ2v) is 9.30. The molecule has 1 aromatic carbocycles. The minimum absolute atomic E-state index is 0.121. The van der Waals surface area contributed by atoms with Gasteiger partial charge in [0.15, 0.2) is 11.1 Å². The van der Waals surface area contributed by atoms with Gasteiger partial charge in [-0.1, -0.05) is 6.07 Å². The number of urea groups is 1. The van der Waals surface area contributed by atoms with Crippen LogP contribution in [-0.2, 0) is 16.9 Å². The first-order valence-electron chi connectivity index (χ1n) is 11.9. The molecule has 4 aromatic heterocycles. The smallest absolute Gasteiger partial charge is 0.322 e. The van der Waals surface area contributed by atoms with E-state index in [2.05, 4.69) is 15.6 Å². The lowest BCUT2D eigenvalue weighted by Gasteiger charge is -2.28. The van der Waals surface area contributed by atoms with Crippen LogP contribution in [0.2, 0.25) is 0 Å². The average molecular weight is 508 g/mol. The fourth-order valence-electron chi connectivity index (χ4n) is 5.10. The molecule has 0 bridgehead atoms. The Bertz CT molecular complexity index is 1810. The molecule has 11 heteroatoms. The Balaban J connectivity index is 1.26. The third-order valence-corrected chi connectivity index (χ3v) is 7.04. The van der Waals surface area contributed by atoms with Crippen molar-refractivity contribution in [1.82, 2.24) is 29.9 Å². The zero-order chi connectivity index (χ0) is 26.0. The van der Waals surface area contributed by atoms with E-state index in [0.717, 1.165) is 16.8 Å². The van der Waals surface area contributed by atoms with Gasteiger partial charge in [0.1, 0.15) is 22.7 Å². The molecule has 1 unspecified atom stereocenters. The number of hydrogen-bond acceptors (Lipinski definition) is 7. The van der Waals surface area contributed by atoms with Gasteiger partial charge in [-0.15, -0.1) is 0 Å². The highest BCUT2D eigenvalue weighted by molar-refractivity contribution is 6.08. The van der Waals surface area contributed by atoms with Crippen LogP contribution in [0.1, 0.15) is 21.7 Å². The third-order valence-electron chi connectivity index (χ3n) is 7.04. The molecule has 0 spiro atoms. The van der Waals surface area contributed by atoms with E-state index in [-0.39, 0.29) is 24.8 Å². The van der Waals surface area contributed by atoms with E-state index in [0.29, 0.717) is 28.1 Å². The first-order chi connectivity index (χ1) is 18.4. The predicted octanol–water partition coefficient (Wildman–Crippen LogP) is 2.84. The molecule has 7 rings (SSSR count). The van der Waals surface area contributed by atoms with E-state index in [1.807, 2.05) is 41.1 Å². The van der Waals surface area contributed by atoms with Crippen molar-refractivity contribution in [3.63, 3.8) is 0 Å². The van der Waals surface area contributed by atoms with Crippen molar-refractivity contribution in [2.24, 2.45) is 0 Å². The molecule has 38 heavy (non-hydrogen) atoms. The SMILES string of the molecule is COc1ccc2c(c1)C(=O)N(CC1(c3cc4nc(-c5ccc6nccn6c5)ccc4o3)NC(=O)NC1=O)C2. The number of carbonyl (C=O) groups is 3. The number of ether oxygens (including phenoxy) is 1. The van der Waals surface area contributed by atoms with E-state index < -0.39 is 17.5 Å². The van der Waals surface area contributed by atoms with Crippen molar-refractivity contribution in [2.45, 2.75) is 12.1 Å². The van der Waals surface area contributed by atoms with Crippen molar-refractivity contribution in [3.8, 4) is 17.0 Å². The first kappa shape index (κ1) is 22.0. The van der Waals surface area contributed by atoms with Crippen molar-refractivity contribution >= 4 is 34.6 Å². The van der Waals surface area contributed by atoms with Gasteiger partial charge < -0.3 is 23.8 Å². The number of nitrogens with one attached hydrogen (secondary N) is 2. The summed E-state index contributed by atoms with van der Waals surface area (Å²) in [5, 5.41) is 5.00. The molecule has 0 aliphatic carbocycles. The normalized spacial score (nSPS) is 18.8. The Morgan fingerprint density at radius 2 is 2.00 bits per heavy atom. The summed E-state index contributed by atoms with van der Waals surface area (Å²) in [6.07, 6.45) is 5.50. The number of nitrogens with zero attached hydrogens (tertiary/aromatic N) is 4. The van der Waals surface area contributed by atoms with Crippen LogP contribution in [0.5, 0.6) is 5.75 Å². The van der Waals surface area contributed by atoms with Gasteiger partial charge in [0.25, 0.3) is 11.8 Å². The summed E-state index contributed by atoms with van der Waals surface area (Å²) in [5.74, 6) is -0.119. The number of rotatable bonds is 5. The van der Waals surface area contributed by atoms with Gasteiger partial charge in [-0.25, -0.2) is 14.8 Å². The Kier molecular flexibility index (Phi) is 4.58. The average Bonchev–Trinajstić information content (AvgIpc) is 3.69. The van der Waals surface area contributed by atoms with Gasteiger partial charge in [-0.3, -0.25) is 14.9 Å². The molecular formula is C27H20N6O5. The Morgan fingerprint density at radius 1 is 1.11 bits per heavy atom. The second kappa shape index (κ2) is 7.90. The van der Waals surface area contributed by atoms with Crippen molar-refractivity contribution in [2.75, 3.05) is 13.7 Å². The van der Waals surface area contributed by atoms with E-state index in [1.54, 1.807) is 30.5 Å². The molecule has 6 heterocycles. The van der Waals surface area contributed by atoms with Crippen LogP contribution in [0.25, 0.3) is 28.0 Å². The van der Waals surface area contributed by atoms with Crippen LogP contribution in [0.3, 0.4) is 0 Å². The number of aromatic nitrogens is 3. The Morgan fingerprint density at radius 3 is 2.82 bits per heavy atom. The van der Waals surface area contributed by atoms with Gasteiger partial charge in [0.05, 0.1) is 19.3 Å². The number of imidazole rings is 1. The first-order valence-corrected chi connectivity index (χ1v) is 11.9. The molecule has 4 amide bonds. The summed E-state index contributed by atoms with van der Waals surface area (Å²) in [7, 11) is 1.53.